The van der Waals surface area contributed by atoms with Gasteiger partial charge in [0.05, 0.1) is 6.42 Å². The van der Waals surface area contributed by atoms with Crippen LogP contribution in [0.15, 0.2) is 48.5 Å². The molecule has 20 heavy (non-hydrogen) atoms. The average molecular weight is 272 g/mol. The summed E-state index contributed by atoms with van der Waals surface area (Å²) < 4.78 is 13.4. The van der Waals surface area contributed by atoms with Crippen molar-refractivity contribution in [1.82, 2.24) is 0 Å². The summed E-state index contributed by atoms with van der Waals surface area (Å²) in [5.41, 5.74) is 7.69. The molecule has 0 atom stereocenters. The molecule has 2 aromatic carbocycles. The molecule has 0 saturated heterocycles. The normalized spacial score (nSPS) is 10.3. The van der Waals surface area contributed by atoms with Gasteiger partial charge in [0.15, 0.2) is 0 Å². The summed E-state index contributed by atoms with van der Waals surface area (Å²) in [6.45, 7) is 0.596. The van der Waals surface area contributed by atoms with Crippen molar-refractivity contribution >= 4 is 11.6 Å². The van der Waals surface area contributed by atoms with Gasteiger partial charge in [-0.1, -0.05) is 30.3 Å². The first-order valence-electron chi connectivity index (χ1n) is 6.51. The van der Waals surface area contributed by atoms with Crippen molar-refractivity contribution in [2.75, 3.05) is 11.9 Å². The molecule has 0 aliphatic heterocycles. The standard InChI is InChI=1S/C16H17FN2O/c17-15-4-2-1-3-13(15)11-16(20)19-14-7-5-12(6-8-14)9-10-18/h1-8H,9-11,18H2,(H,19,20). The summed E-state index contributed by atoms with van der Waals surface area (Å²) in [5, 5.41) is 2.75. The highest BCUT2D eigenvalue weighted by Crippen LogP contribution is 2.12. The van der Waals surface area contributed by atoms with Crippen LogP contribution in [-0.2, 0) is 17.6 Å². The van der Waals surface area contributed by atoms with Crippen molar-refractivity contribution in [1.29, 1.82) is 0 Å². The number of nitrogens with two attached hydrogens (primary N) is 1. The fourth-order valence-electron chi connectivity index (χ4n) is 1.94. The highest BCUT2D eigenvalue weighted by atomic mass is 19.1. The summed E-state index contributed by atoms with van der Waals surface area (Å²) in [5.74, 6) is -0.595. The lowest BCUT2D eigenvalue weighted by Gasteiger charge is -2.07. The Morgan fingerprint density at radius 1 is 1.10 bits per heavy atom. The van der Waals surface area contributed by atoms with Crippen LogP contribution in [0.25, 0.3) is 0 Å². The van der Waals surface area contributed by atoms with Gasteiger partial charge < -0.3 is 11.1 Å². The van der Waals surface area contributed by atoms with Crippen molar-refractivity contribution in [2.45, 2.75) is 12.8 Å². The quantitative estimate of drug-likeness (QED) is 0.878. The fourth-order valence-corrected chi connectivity index (χ4v) is 1.94. The van der Waals surface area contributed by atoms with Crippen molar-refractivity contribution in [3.8, 4) is 0 Å². The van der Waals surface area contributed by atoms with Crippen molar-refractivity contribution < 1.29 is 9.18 Å². The van der Waals surface area contributed by atoms with Gasteiger partial charge in [0.1, 0.15) is 5.82 Å². The maximum absolute atomic E-state index is 13.4. The maximum atomic E-state index is 13.4. The van der Waals surface area contributed by atoms with E-state index >= 15 is 0 Å². The number of benzene rings is 2. The number of rotatable bonds is 5. The SMILES string of the molecule is NCCc1ccc(NC(=O)Cc2ccccc2F)cc1. The van der Waals surface area contributed by atoms with Crippen LogP contribution in [0.4, 0.5) is 10.1 Å². The number of carbonyl (C=O) groups excluding carboxylic acids is 1. The van der Waals surface area contributed by atoms with Crippen LogP contribution in [0, 0.1) is 5.82 Å². The number of carbonyl (C=O) groups is 1. The summed E-state index contributed by atoms with van der Waals surface area (Å²) in [6.07, 6.45) is 0.834. The van der Waals surface area contributed by atoms with Crippen LogP contribution in [0.5, 0.6) is 0 Å². The molecule has 4 heteroatoms. The van der Waals surface area contributed by atoms with Crippen molar-refractivity contribution in [2.24, 2.45) is 5.73 Å². The Morgan fingerprint density at radius 2 is 1.80 bits per heavy atom. The number of amides is 1. The number of nitrogens with one attached hydrogen (secondary N) is 1. The van der Waals surface area contributed by atoms with Crippen molar-refractivity contribution in [3.63, 3.8) is 0 Å². The zero-order valence-corrected chi connectivity index (χ0v) is 11.1. The van der Waals surface area contributed by atoms with Crippen LogP contribution in [-0.4, -0.2) is 12.5 Å². The second-order valence-electron chi connectivity index (χ2n) is 4.55. The largest absolute Gasteiger partial charge is 0.330 e. The molecule has 0 aliphatic rings. The molecule has 1 amide bonds. The lowest BCUT2D eigenvalue weighted by molar-refractivity contribution is -0.115. The molecule has 3 N–H and O–H groups in total. The lowest BCUT2D eigenvalue weighted by Crippen LogP contribution is -2.15. The Kier molecular flexibility index (Phi) is 4.85. The highest BCUT2D eigenvalue weighted by molar-refractivity contribution is 5.92. The van der Waals surface area contributed by atoms with Gasteiger partial charge in [-0.2, -0.15) is 0 Å². The minimum Gasteiger partial charge on any atom is -0.330 e. The first kappa shape index (κ1) is 14.2. The number of halogens is 1. The second-order valence-corrected chi connectivity index (χ2v) is 4.55. The molecule has 0 heterocycles. The molecular weight excluding hydrogens is 255 g/mol. The summed E-state index contributed by atoms with van der Waals surface area (Å²) in [4.78, 5) is 11.8. The smallest absolute Gasteiger partial charge is 0.228 e. The second kappa shape index (κ2) is 6.82. The molecule has 0 bridgehead atoms. The van der Waals surface area contributed by atoms with E-state index in [1.54, 1.807) is 18.2 Å². The van der Waals surface area contributed by atoms with E-state index in [1.807, 2.05) is 24.3 Å². The van der Waals surface area contributed by atoms with Gasteiger partial charge in [0.25, 0.3) is 0 Å². The van der Waals surface area contributed by atoms with Gasteiger partial charge in [0.2, 0.25) is 5.91 Å². The summed E-state index contributed by atoms with van der Waals surface area (Å²) in [6, 6.07) is 13.8. The molecule has 0 radical (unpaired) electrons. The minimum atomic E-state index is -0.360. The monoisotopic (exact) mass is 272 g/mol. The Bertz CT molecular complexity index is 581. The van der Waals surface area contributed by atoms with Gasteiger partial charge >= 0.3 is 0 Å². The third kappa shape index (κ3) is 3.90. The van der Waals surface area contributed by atoms with Crippen LogP contribution >= 0.6 is 0 Å². The topological polar surface area (TPSA) is 55.1 Å². The van der Waals surface area contributed by atoms with E-state index in [0.29, 0.717) is 17.8 Å². The highest BCUT2D eigenvalue weighted by Gasteiger charge is 2.07. The molecule has 0 spiro atoms. The molecule has 0 fully saturated rings. The Morgan fingerprint density at radius 3 is 2.45 bits per heavy atom. The fraction of sp³-hybridized carbons (Fsp3) is 0.188. The van der Waals surface area contributed by atoms with Crippen LogP contribution in [0.2, 0.25) is 0 Å². The van der Waals surface area contributed by atoms with Crippen molar-refractivity contribution in [3.05, 3.63) is 65.5 Å². The Balaban J connectivity index is 1.96. The first-order valence-corrected chi connectivity index (χ1v) is 6.51. The molecule has 0 saturated carbocycles. The van der Waals surface area contributed by atoms with Gasteiger partial charge in [-0.05, 0) is 42.3 Å². The summed E-state index contributed by atoms with van der Waals surface area (Å²) >= 11 is 0. The summed E-state index contributed by atoms with van der Waals surface area (Å²) in [7, 11) is 0. The van der Waals surface area contributed by atoms with E-state index in [4.69, 9.17) is 5.73 Å². The van der Waals surface area contributed by atoms with E-state index in [9.17, 15) is 9.18 Å². The Hall–Kier alpha value is -2.20. The molecule has 2 rings (SSSR count). The predicted molar refractivity (Wildman–Crippen MR) is 77.9 cm³/mol. The maximum Gasteiger partial charge on any atom is 0.228 e. The molecule has 0 aliphatic carbocycles. The minimum absolute atomic E-state index is 0.0250. The third-order valence-electron chi connectivity index (χ3n) is 2.98. The number of hydrogen-bond acceptors (Lipinski definition) is 2. The third-order valence-corrected chi connectivity index (χ3v) is 2.98. The zero-order valence-electron chi connectivity index (χ0n) is 11.1. The van der Waals surface area contributed by atoms with Gasteiger partial charge in [0, 0.05) is 5.69 Å². The van der Waals surface area contributed by atoms with Gasteiger partial charge in [-0.3, -0.25) is 4.79 Å². The number of anilines is 1. The van der Waals surface area contributed by atoms with E-state index in [0.717, 1.165) is 12.0 Å². The van der Waals surface area contributed by atoms with Gasteiger partial charge in [-0.25, -0.2) is 4.39 Å². The molecule has 0 aromatic heterocycles. The Labute approximate surface area is 117 Å². The van der Waals surface area contributed by atoms with E-state index in [1.165, 1.54) is 6.07 Å². The van der Waals surface area contributed by atoms with Crippen LogP contribution in [0.1, 0.15) is 11.1 Å². The molecule has 3 nitrogen and oxygen atoms in total. The molecular formula is C16H17FN2O. The van der Waals surface area contributed by atoms with Gasteiger partial charge in [-0.15, -0.1) is 0 Å². The first-order chi connectivity index (χ1) is 9.69. The molecule has 2 aromatic rings. The van der Waals surface area contributed by atoms with E-state index in [2.05, 4.69) is 5.32 Å². The molecule has 0 unspecified atom stereocenters. The van der Waals surface area contributed by atoms with Crippen LogP contribution in [0.3, 0.4) is 0 Å². The van der Waals surface area contributed by atoms with E-state index in [-0.39, 0.29) is 18.1 Å². The average Bonchev–Trinajstić information content (AvgIpc) is 2.44. The lowest BCUT2D eigenvalue weighted by atomic mass is 10.1. The zero-order chi connectivity index (χ0) is 14.4. The number of hydrogen-bond donors (Lipinski definition) is 2. The van der Waals surface area contributed by atoms with Crippen LogP contribution < -0.4 is 11.1 Å². The van der Waals surface area contributed by atoms with E-state index < -0.39 is 0 Å². The molecule has 104 valence electrons. The predicted octanol–water partition coefficient (Wildman–Crippen LogP) is 2.51.